The smallest absolute Gasteiger partial charge is 0.303 e. The maximum absolute atomic E-state index is 12.7. The van der Waals surface area contributed by atoms with Crippen molar-refractivity contribution in [3.05, 3.63) is 0 Å². The van der Waals surface area contributed by atoms with Gasteiger partial charge in [0, 0.05) is 0 Å². The summed E-state index contributed by atoms with van der Waals surface area (Å²) in [4.78, 5) is 9.60. The largest absolute Gasteiger partial charge is 0.457 e. The lowest BCUT2D eigenvalue weighted by atomic mass is 9.93. The van der Waals surface area contributed by atoms with E-state index in [4.69, 9.17) is 0 Å². The zero-order valence-corrected chi connectivity index (χ0v) is 7.09. The van der Waals surface area contributed by atoms with Crippen molar-refractivity contribution in [1.82, 2.24) is 0 Å². The van der Waals surface area contributed by atoms with Crippen molar-refractivity contribution in [2.45, 2.75) is 30.4 Å². The van der Waals surface area contributed by atoms with Crippen LogP contribution in [-0.2, 0) is 4.79 Å². The van der Waals surface area contributed by atoms with E-state index in [0.29, 0.717) is 0 Å². The van der Waals surface area contributed by atoms with Gasteiger partial charge in [0.2, 0.25) is 0 Å². The molecule has 0 bridgehead atoms. The summed E-state index contributed by atoms with van der Waals surface area (Å²) in [6.07, 6.45) is -16.9. The van der Waals surface area contributed by atoms with Gasteiger partial charge in [-0.15, -0.1) is 0 Å². The van der Waals surface area contributed by atoms with E-state index in [1.54, 1.807) is 0 Å². The average molecular weight is 262 g/mol. The summed E-state index contributed by atoms with van der Waals surface area (Å²) in [6.45, 7) is 0. The van der Waals surface area contributed by atoms with Gasteiger partial charge in [-0.05, 0) is 0 Å². The van der Waals surface area contributed by atoms with Gasteiger partial charge in [0.05, 0.1) is 6.42 Å². The molecule has 1 atom stereocenters. The summed E-state index contributed by atoms with van der Waals surface area (Å²) in [5.74, 6) is -6.70. The van der Waals surface area contributed by atoms with Crippen LogP contribution in [0.25, 0.3) is 0 Å². The van der Waals surface area contributed by atoms with Crippen LogP contribution in [0.4, 0.5) is 39.5 Å². The minimum Gasteiger partial charge on any atom is -0.303 e. The maximum Gasteiger partial charge on any atom is 0.457 e. The molecule has 16 heavy (non-hydrogen) atoms. The van der Waals surface area contributed by atoms with Gasteiger partial charge in [-0.1, -0.05) is 0 Å². The Kier molecular flexibility index (Phi) is 3.58. The molecule has 0 spiro atoms. The van der Waals surface area contributed by atoms with E-state index < -0.39 is 36.7 Å². The van der Waals surface area contributed by atoms with Crippen LogP contribution in [0.15, 0.2) is 0 Å². The highest BCUT2D eigenvalue weighted by atomic mass is 19.4. The monoisotopic (exact) mass is 262 g/mol. The number of halogens is 9. The molecular weight excluding hydrogens is 259 g/mol. The lowest BCUT2D eigenvalue weighted by Crippen LogP contribution is -2.62. The predicted molar refractivity (Wildman–Crippen MR) is 31.6 cm³/mol. The minimum absolute atomic E-state index is 0.993. The molecule has 96 valence electrons. The maximum atomic E-state index is 12.7. The molecule has 0 radical (unpaired) electrons. The molecule has 0 heterocycles. The third-order valence-corrected chi connectivity index (χ3v) is 1.67. The molecule has 0 aromatic heterocycles. The predicted octanol–water partition coefficient (Wildman–Crippen LogP) is 3.04. The summed E-state index contributed by atoms with van der Waals surface area (Å²) >= 11 is 0. The van der Waals surface area contributed by atoms with Crippen molar-refractivity contribution in [2.24, 2.45) is 0 Å². The Bertz CT molecular complexity index is 264. The van der Waals surface area contributed by atoms with Crippen LogP contribution in [0.1, 0.15) is 6.42 Å². The molecule has 10 heteroatoms. The van der Waals surface area contributed by atoms with Crippen LogP contribution in [-0.4, -0.2) is 30.2 Å². The van der Waals surface area contributed by atoms with E-state index in [0.717, 1.165) is 0 Å². The van der Waals surface area contributed by atoms with Gasteiger partial charge in [-0.2, -0.15) is 35.1 Å². The topological polar surface area (TPSA) is 17.1 Å². The lowest BCUT2D eigenvalue weighted by molar-refractivity contribution is -0.382. The fourth-order valence-electron chi connectivity index (χ4n) is 0.761. The number of alkyl halides is 9. The first-order valence-corrected chi connectivity index (χ1v) is 3.45. The molecule has 1 unspecified atom stereocenters. The zero-order valence-electron chi connectivity index (χ0n) is 7.09. The first-order chi connectivity index (χ1) is 6.81. The molecule has 0 amide bonds. The van der Waals surface area contributed by atoms with Crippen LogP contribution in [0.3, 0.4) is 0 Å². The van der Waals surface area contributed by atoms with E-state index in [2.05, 4.69) is 0 Å². The van der Waals surface area contributed by atoms with E-state index in [1.165, 1.54) is 0 Å². The number of aldehydes is 1. The second-order valence-corrected chi connectivity index (χ2v) is 2.74. The average Bonchev–Trinajstić information content (AvgIpc) is 1.99. The Labute approximate surface area is 82.2 Å². The molecule has 0 aliphatic rings. The third kappa shape index (κ3) is 2.09. The summed E-state index contributed by atoms with van der Waals surface area (Å²) in [6, 6.07) is 0. The highest BCUT2D eigenvalue weighted by Crippen LogP contribution is 2.53. The lowest BCUT2D eigenvalue weighted by Gasteiger charge is -2.34. The first-order valence-electron chi connectivity index (χ1n) is 3.45. The molecule has 1 nitrogen and oxygen atoms in total. The molecule has 0 saturated carbocycles. The van der Waals surface area contributed by atoms with Crippen LogP contribution >= 0.6 is 0 Å². The number of carbonyl (C=O) groups excluding carboxylic acids is 1. The SMILES string of the molecule is O=CCC(F)(C(F)(F)F)C(F)(F)C(F)(F)F. The molecule has 0 aromatic carbocycles. The van der Waals surface area contributed by atoms with Gasteiger partial charge >= 0.3 is 18.3 Å². The molecule has 0 aliphatic carbocycles. The standard InChI is InChI=1S/C6H3F9O/c7-3(1-2-16,5(10,11)12)4(8,9)6(13,14)15/h2H,1H2. The first kappa shape index (κ1) is 15.0. The van der Waals surface area contributed by atoms with Gasteiger partial charge in [-0.3, -0.25) is 0 Å². The number of hydrogen-bond donors (Lipinski definition) is 0. The van der Waals surface area contributed by atoms with Crippen molar-refractivity contribution < 1.29 is 44.3 Å². The zero-order chi connectivity index (χ0) is 13.4. The van der Waals surface area contributed by atoms with E-state index in [9.17, 15) is 44.3 Å². The Morgan fingerprint density at radius 1 is 0.750 bits per heavy atom. The number of rotatable bonds is 3. The Balaban J connectivity index is 5.63. The van der Waals surface area contributed by atoms with Crippen LogP contribution in [0, 0.1) is 0 Å². The van der Waals surface area contributed by atoms with Crippen molar-refractivity contribution in [1.29, 1.82) is 0 Å². The van der Waals surface area contributed by atoms with Gasteiger partial charge in [0.1, 0.15) is 6.29 Å². The quantitative estimate of drug-likeness (QED) is 0.564. The summed E-state index contributed by atoms with van der Waals surface area (Å²) in [7, 11) is 0. The number of carbonyl (C=O) groups is 1. The second kappa shape index (κ2) is 3.81. The number of hydrogen-bond acceptors (Lipinski definition) is 1. The molecule has 0 saturated heterocycles. The van der Waals surface area contributed by atoms with Gasteiger partial charge in [-0.25, -0.2) is 4.39 Å². The third-order valence-electron chi connectivity index (χ3n) is 1.67. The molecule has 0 fully saturated rings. The summed E-state index contributed by atoms with van der Waals surface area (Å²) in [5, 5.41) is 0. The van der Waals surface area contributed by atoms with Crippen molar-refractivity contribution in [2.75, 3.05) is 0 Å². The van der Waals surface area contributed by atoms with Crippen LogP contribution in [0.5, 0.6) is 0 Å². The fraction of sp³-hybridized carbons (Fsp3) is 0.833. The molecule has 0 rings (SSSR count). The normalized spacial score (nSPS) is 18.1. The minimum atomic E-state index is -6.75. The molecule has 0 N–H and O–H groups in total. The van der Waals surface area contributed by atoms with Crippen molar-refractivity contribution in [3.8, 4) is 0 Å². The van der Waals surface area contributed by atoms with Gasteiger partial charge in [0.15, 0.2) is 0 Å². The summed E-state index contributed by atoms with van der Waals surface area (Å²) in [5.41, 5.74) is -5.96. The molecular formula is C6H3F9O. The Morgan fingerprint density at radius 3 is 1.31 bits per heavy atom. The molecule has 0 aromatic rings. The molecule has 0 aliphatic heterocycles. The fourth-order valence-corrected chi connectivity index (χ4v) is 0.761. The van der Waals surface area contributed by atoms with Gasteiger partial charge < -0.3 is 4.79 Å². The highest BCUT2D eigenvalue weighted by molar-refractivity contribution is 5.52. The summed E-state index contributed by atoms with van der Waals surface area (Å²) < 4.78 is 107. The van der Waals surface area contributed by atoms with Crippen LogP contribution < -0.4 is 0 Å². The van der Waals surface area contributed by atoms with Crippen molar-refractivity contribution in [3.63, 3.8) is 0 Å². The second-order valence-electron chi connectivity index (χ2n) is 2.74. The highest BCUT2D eigenvalue weighted by Gasteiger charge is 2.80. The van der Waals surface area contributed by atoms with Crippen LogP contribution in [0.2, 0.25) is 0 Å². The Hall–Kier alpha value is -0.960. The van der Waals surface area contributed by atoms with E-state index in [1.807, 2.05) is 0 Å². The van der Waals surface area contributed by atoms with Gasteiger partial charge in [0.25, 0.3) is 5.67 Å². The van der Waals surface area contributed by atoms with E-state index in [-0.39, 0.29) is 0 Å². The Morgan fingerprint density at radius 2 is 1.12 bits per heavy atom. The van der Waals surface area contributed by atoms with E-state index >= 15 is 0 Å². The van der Waals surface area contributed by atoms with Crippen molar-refractivity contribution >= 4 is 6.29 Å².